The van der Waals surface area contributed by atoms with Crippen molar-refractivity contribution < 1.29 is 10.2 Å². The van der Waals surface area contributed by atoms with Gasteiger partial charge in [-0.05, 0) is 36.2 Å². The molecule has 0 aliphatic carbocycles. The Bertz CT molecular complexity index is 747. The van der Waals surface area contributed by atoms with Crippen molar-refractivity contribution in [2.75, 3.05) is 0 Å². The summed E-state index contributed by atoms with van der Waals surface area (Å²) in [6, 6.07) is 10.9. The smallest absolute Gasteiger partial charge is 0.168 e. The monoisotopic (exact) mass is 254 g/mol. The lowest BCUT2D eigenvalue weighted by Crippen LogP contribution is -1.81. The number of phenolic OH excluding ortho intramolecular Hbond substituents is 2. The maximum absolute atomic E-state index is 9.87. The molecule has 0 aliphatic heterocycles. The zero-order valence-corrected chi connectivity index (χ0v) is 10.5. The summed E-state index contributed by atoms with van der Waals surface area (Å²) in [5.41, 5.74) is 3.49. The Kier molecular flexibility index (Phi) is 2.63. The number of benzene rings is 2. The molecule has 0 radical (unpaired) electrons. The highest BCUT2D eigenvalue weighted by atomic mass is 16.3. The first-order valence-electron chi connectivity index (χ1n) is 6.19. The molecule has 0 fully saturated rings. The highest BCUT2D eigenvalue weighted by molar-refractivity contribution is 5.81. The Hall–Kier alpha value is -2.49. The molecule has 0 amide bonds. The summed E-state index contributed by atoms with van der Waals surface area (Å²) >= 11 is 0. The van der Waals surface area contributed by atoms with Gasteiger partial charge in [-0.1, -0.05) is 19.1 Å². The Morgan fingerprint density at radius 2 is 2.00 bits per heavy atom. The van der Waals surface area contributed by atoms with Crippen molar-refractivity contribution in [2.24, 2.45) is 0 Å². The Labute approximate surface area is 110 Å². The van der Waals surface area contributed by atoms with Crippen molar-refractivity contribution >= 4 is 11.0 Å². The van der Waals surface area contributed by atoms with Gasteiger partial charge in [-0.25, -0.2) is 4.98 Å². The van der Waals surface area contributed by atoms with Gasteiger partial charge in [0.15, 0.2) is 11.5 Å². The molecule has 3 aromatic rings. The van der Waals surface area contributed by atoms with Crippen molar-refractivity contribution in [1.29, 1.82) is 0 Å². The summed E-state index contributed by atoms with van der Waals surface area (Å²) in [6.45, 7) is 2.10. The van der Waals surface area contributed by atoms with Crippen LogP contribution in [-0.4, -0.2) is 20.2 Å². The van der Waals surface area contributed by atoms with Crippen molar-refractivity contribution in [3.05, 3.63) is 42.0 Å². The normalized spacial score (nSPS) is 11.0. The number of aromatic hydroxyl groups is 2. The zero-order chi connectivity index (χ0) is 13.4. The van der Waals surface area contributed by atoms with Gasteiger partial charge in [0.25, 0.3) is 0 Å². The number of imidazole rings is 1. The third kappa shape index (κ3) is 1.91. The van der Waals surface area contributed by atoms with Crippen LogP contribution >= 0.6 is 0 Å². The van der Waals surface area contributed by atoms with Crippen LogP contribution in [0.15, 0.2) is 36.4 Å². The van der Waals surface area contributed by atoms with Crippen molar-refractivity contribution in [1.82, 2.24) is 9.97 Å². The summed E-state index contributed by atoms with van der Waals surface area (Å²) in [6.07, 6.45) is 0.960. The highest BCUT2D eigenvalue weighted by Crippen LogP contribution is 2.35. The van der Waals surface area contributed by atoms with Gasteiger partial charge < -0.3 is 15.2 Å². The molecule has 0 saturated heterocycles. The first kappa shape index (κ1) is 11.6. The molecule has 0 atom stereocenters. The maximum atomic E-state index is 9.87. The van der Waals surface area contributed by atoms with Crippen LogP contribution in [0.4, 0.5) is 0 Å². The number of rotatable bonds is 2. The van der Waals surface area contributed by atoms with Gasteiger partial charge in [-0.2, -0.15) is 0 Å². The summed E-state index contributed by atoms with van der Waals surface area (Å²) < 4.78 is 0. The molecular formula is C15H14N2O2. The SMILES string of the molecule is CCc1ccc2nc(-c3cccc(O)c3O)[nH]c2c1. The van der Waals surface area contributed by atoms with E-state index in [1.807, 2.05) is 18.2 Å². The molecule has 0 unspecified atom stereocenters. The van der Waals surface area contributed by atoms with E-state index in [4.69, 9.17) is 0 Å². The lowest BCUT2D eigenvalue weighted by molar-refractivity contribution is 0.405. The molecule has 96 valence electrons. The minimum Gasteiger partial charge on any atom is -0.504 e. The molecule has 4 heteroatoms. The molecular weight excluding hydrogens is 240 g/mol. The van der Waals surface area contributed by atoms with Gasteiger partial charge >= 0.3 is 0 Å². The highest BCUT2D eigenvalue weighted by Gasteiger charge is 2.12. The fourth-order valence-electron chi connectivity index (χ4n) is 2.13. The fraction of sp³-hybridized carbons (Fsp3) is 0.133. The first-order chi connectivity index (χ1) is 9.19. The Balaban J connectivity index is 2.18. The number of nitrogens with zero attached hydrogens (tertiary/aromatic N) is 1. The van der Waals surface area contributed by atoms with Crippen LogP contribution in [0.1, 0.15) is 12.5 Å². The van der Waals surface area contributed by atoms with Gasteiger partial charge in [0.1, 0.15) is 5.82 Å². The number of aromatic amines is 1. The second-order valence-corrected chi connectivity index (χ2v) is 4.46. The van der Waals surface area contributed by atoms with Crippen molar-refractivity contribution in [2.45, 2.75) is 13.3 Å². The van der Waals surface area contributed by atoms with E-state index in [1.54, 1.807) is 12.1 Å². The van der Waals surface area contributed by atoms with E-state index in [-0.39, 0.29) is 11.5 Å². The quantitative estimate of drug-likeness (QED) is 0.615. The molecule has 0 bridgehead atoms. The number of aromatic nitrogens is 2. The largest absolute Gasteiger partial charge is 0.504 e. The van der Waals surface area contributed by atoms with Crippen LogP contribution in [0, 0.1) is 0 Å². The lowest BCUT2D eigenvalue weighted by atomic mass is 10.1. The average Bonchev–Trinajstić information content (AvgIpc) is 2.84. The maximum Gasteiger partial charge on any atom is 0.168 e. The second-order valence-electron chi connectivity index (χ2n) is 4.46. The Morgan fingerprint density at radius 1 is 1.16 bits per heavy atom. The number of phenols is 2. The van der Waals surface area contributed by atoms with Gasteiger partial charge in [-0.15, -0.1) is 0 Å². The number of para-hydroxylation sites is 1. The van der Waals surface area contributed by atoms with Crippen molar-refractivity contribution in [3.63, 3.8) is 0 Å². The number of fused-ring (bicyclic) bond motifs is 1. The second kappa shape index (κ2) is 4.31. The molecule has 19 heavy (non-hydrogen) atoms. The van der Waals surface area contributed by atoms with Gasteiger partial charge in [-0.3, -0.25) is 0 Å². The van der Waals surface area contributed by atoms with Gasteiger partial charge in [0, 0.05) is 0 Å². The van der Waals surface area contributed by atoms with E-state index in [2.05, 4.69) is 16.9 Å². The van der Waals surface area contributed by atoms with Gasteiger partial charge in [0.05, 0.1) is 16.6 Å². The number of hydrogen-bond acceptors (Lipinski definition) is 3. The predicted octanol–water partition coefficient (Wildman–Crippen LogP) is 3.20. The molecule has 3 N–H and O–H groups in total. The predicted molar refractivity (Wildman–Crippen MR) is 74.2 cm³/mol. The van der Waals surface area contributed by atoms with E-state index in [9.17, 15) is 10.2 Å². The molecule has 3 rings (SSSR count). The standard InChI is InChI=1S/C15H14N2O2/c1-2-9-6-7-11-12(8-9)17-15(16-11)10-4-3-5-13(18)14(10)19/h3-8,18-19H,2H2,1H3,(H,16,17). The third-order valence-electron chi connectivity index (χ3n) is 3.22. The molecule has 0 saturated carbocycles. The minimum absolute atomic E-state index is 0.146. The lowest BCUT2D eigenvalue weighted by Gasteiger charge is -2.02. The molecule has 0 spiro atoms. The molecule has 2 aromatic carbocycles. The van der Waals surface area contributed by atoms with Crippen LogP contribution < -0.4 is 0 Å². The van der Waals surface area contributed by atoms with E-state index in [0.717, 1.165) is 17.5 Å². The van der Waals surface area contributed by atoms with E-state index in [1.165, 1.54) is 11.6 Å². The number of nitrogens with one attached hydrogen (secondary N) is 1. The first-order valence-corrected chi connectivity index (χ1v) is 6.19. The topological polar surface area (TPSA) is 69.1 Å². The number of aryl methyl sites for hydroxylation is 1. The zero-order valence-electron chi connectivity index (χ0n) is 10.5. The van der Waals surface area contributed by atoms with Crippen LogP contribution in [0.2, 0.25) is 0 Å². The van der Waals surface area contributed by atoms with E-state index in [0.29, 0.717) is 11.4 Å². The molecule has 4 nitrogen and oxygen atoms in total. The minimum atomic E-state index is -0.155. The number of H-pyrrole nitrogens is 1. The fourth-order valence-corrected chi connectivity index (χ4v) is 2.13. The van der Waals surface area contributed by atoms with Crippen LogP contribution in [-0.2, 0) is 6.42 Å². The molecule has 1 heterocycles. The van der Waals surface area contributed by atoms with Crippen molar-refractivity contribution in [3.8, 4) is 22.9 Å². The molecule has 1 aromatic heterocycles. The van der Waals surface area contributed by atoms with Gasteiger partial charge in [0.2, 0.25) is 0 Å². The van der Waals surface area contributed by atoms with Crippen LogP contribution in [0.3, 0.4) is 0 Å². The summed E-state index contributed by atoms with van der Waals surface area (Å²) in [4.78, 5) is 7.61. The summed E-state index contributed by atoms with van der Waals surface area (Å²) in [5.74, 6) is 0.251. The summed E-state index contributed by atoms with van der Waals surface area (Å²) in [7, 11) is 0. The average molecular weight is 254 g/mol. The Morgan fingerprint density at radius 3 is 2.79 bits per heavy atom. The number of hydrogen-bond donors (Lipinski definition) is 3. The molecule has 0 aliphatic rings. The van der Waals surface area contributed by atoms with E-state index < -0.39 is 0 Å². The summed E-state index contributed by atoms with van der Waals surface area (Å²) in [5, 5.41) is 19.4. The van der Waals surface area contributed by atoms with Crippen LogP contribution in [0.5, 0.6) is 11.5 Å². The van der Waals surface area contributed by atoms with Crippen LogP contribution in [0.25, 0.3) is 22.4 Å². The third-order valence-corrected chi connectivity index (χ3v) is 3.22. The van der Waals surface area contributed by atoms with E-state index >= 15 is 0 Å².